The van der Waals surface area contributed by atoms with Crippen LogP contribution in [0.3, 0.4) is 0 Å². The quantitative estimate of drug-likeness (QED) is 0.775. The average Bonchev–Trinajstić information content (AvgIpc) is 2.49. The van der Waals surface area contributed by atoms with E-state index in [1.165, 1.54) is 6.92 Å². The van der Waals surface area contributed by atoms with Crippen LogP contribution in [0.25, 0.3) is 0 Å². The first-order valence-corrected chi connectivity index (χ1v) is 3.67. The Labute approximate surface area is 76.7 Å². The lowest BCUT2D eigenvalue weighted by Gasteiger charge is -2.01. The topological polar surface area (TPSA) is 66.0 Å². The molecule has 1 rings (SSSR count). The van der Waals surface area contributed by atoms with Crippen molar-refractivity contribution < 1.29 is 23.1 Å². The van der Waals surface area contributed by atoms with Crippen molar-refractivity contribution in [2.24, 2.45) is 0 Å². The van der Waals surface area contributed by atoms with Crippen molar-refractivity contribution in [1.29, 1.82) is 0 Å². The minimum atomic E-state index is -4.55. The highest BCUT2D eigenvalue weighted by Gasteiger charge is 2.34. The average molecular weight is 208 g/mol. The first-order chi connectivity index (χ1) is 6.32. The fraction of sp³-hybridized carbons (Fsp3) is 0.429. The van der Waals surface area contributed by atoms with Gasteiger partial charge in [0.25, 0.3) is 0 Å². The summed E-state index contributed by atoms with van der Waals surface area (Å²) in [4.78, 5) is 10.4. The van der Waals surface area contributed by atoms with E-state index in [1.54, 1.807) is 0 Å². The number of halogens is 3. The number of hydrogen-bond donors (Lipinski definition) is 2. The summed E-state index contributed by atoms with van der Waals surface area (Å²) in [5.41, 5.74) is -1.18. The maximum Gasteiger partial charge on any atom is 0.435 e. The van der Waals surface area contributed by atoms with E-state index in [1.807, 2.05) is 5.10 Å². The van der Waals surface area contributed by atoms with Gasteiger partial charge >= 0.3 is 12.1 Å². The summed E-state index contributed by atoms with van der Waals surface area (Å²) >= 11 is 0. The van der Waals surface area contributed by atoms with Crippen LogP contribution in [0.5, 0.6) is 0 Å². The van der Waals surface area contributed by atoms with Gasteiger partial charge in [-0.05, 0) is 13.0 Å². The van der Waals surface area contributed by atoms with Crippen molar-refractivity contribution in [1.82, 2.24) is 10.2 Å². The molecular formula is C7H7F3N2O2. The second kappa shape index (κ2) is 3.32. The number of carboxylic acid groups (broad SMARTS) is 1. The predicted molar refractivity (Wildman–Crippen MR) is 39.6 cm³/mol. The van der Waals surface area contributed by atoms with Crippen molar-refractivity contribution in [3.05, 3.63) is 17.5 Å². The number of H-pyrrole nitrogens is 1. The largest absolute Gasteiger partial charge is 0.481 e. The summed E-state index contributed by atoms with van der Waals surface area (Å²) in [5, 5.41) is 13.5. The molecule has 0 aliphatic heterocycles. The highest BCUT2D eigenvalue weighted by molar-refractivity contribution is 5.74. The Kier molecular flexibility index (Phi) is 2.50. The fourth-order valence-corrected chi connectivity index (χ4v) is 0.837. The molecule has 0 aromatic carbocycles. The zero-order valence-corrected chi connectivity index (χ0v) is 7.09. The van der Waals surface area contributed by atoms with Gasteiger partial charge in [-0.3, -0.25) is 9.89 Å². The molecule has 14 heavy (non-hydrogen) atoms. The van der Waals surface area contributed by atoms with E-state index in [-0.39, 0.29) is 5.69 Å². The highest BCUT2D eigenvalue weighted by atomic mass is 19.4. The number of alkyl halides is 3. The van der Waals surface area contributed by atoms with E-state index in [2.05, 4.69) is 5.10 Å². The molecule has 1 heterocycles. The molecule has 0 saturated heterocycles. The molecule has 4 nitrogen and oxygen atoms in total. The van der Waals surface area contributed by atoms with Gasteiger partial charge in [0.2, 0.25) is 0 Å². The fourth-order valence-electron chi connectivity index (χ4n) is 0.837. The highest BCUT2D eigenvalue weighted by Crippen LogP contribution is 2.29. The molecular weight excluding hydrogens is 201 g/mol. The van der Waals surface area contributed by atoms with Gasteiger partial charge in [0, 0.05) is 5.69 Å². The molecule has 0 amide bonds. The van der Waals surface area contributed by atoms with Crippen LogP contribution in [-0.2, 0) is 11.0 Å². The molecule has 0 aliphatic rings. The van der Waals surface area contributed by atoms with Gasteiger partial charge < -0.3 is 5.11 Å². The number of carbonyl (C=O) groups is 1. The molecule has 0 fully saturated rings. The van der Waals surface area contributed by atoms with Crippen LogP contribution in [-0.4, -0.2) is 21.3 Å². The van der Waals surface area contributed by atoms with Crippen molar-refractivity contribution in [3.8, 4) is 0 Å². The normalized spacial score (nSPS) is 14.0. The van der Waals surface area contributed by atoms with Crippen LogP contribution >= 0.6 is 0 Å². The summed E-state index contributed by atoms with van der Waals surface area (Å²) in [6, 6.07) is 0.693. The second-order valence-corrected chi connectivity index (χ2v) is 2.77. The molecule has 1 unspecified atom stereocenters. The molecule has 0 aliphatic carbocycles. The molecule has 7 heteroatoms. The number of nitrogens with zero attached hydrogens (tertiary/aromatic N) is 1. The van der Waals surface area contributed by atoms with Gasteiger partial charge in [-0.2, -0.15) is 18.3 Å². The van der Waals surface area contributed by atoms with E-state index in [0.29, 0.717) is 6.07 Å². The molecule has 0 bridgehead atoms. The summed E-state index contributed by atoms with van der Waals surface area (Å²) in [7, 11) is 0. The van der Waals surface area contributed by atoms with Crippen molar-refractivity contribution >= 4 is 5.97 Å². The van der Waals surface area contributed by atoms with E-state index < -0.39 is 23.8 Å². The third-order valence-electron chi connectivity index (χ3n) is 1.73. The van der Waals surface area contributed by atoms with Crippen LogP contribution in [0.2, 0.25) is 0 Å². The molecule has 1 aromatic rings. The lowest BCUT2D eigenvalue weighted by Crippen LogP contribution is -2.07. The van der Waals surface area contributed by atoms with Gasteiger partial charge in [-0.15, -0.1) is 0 Å². The first-order valence-electron chi connectivity index (χ1n) is 3.67. The van der Waals surface area contributed by atoms with E-state index in [9.17, 15) is 18.0 Å². The maximum absolute atomic E-state index is 12.0. The van der Waals surface area contributed by atoms with Crippen LogP contribution in [0, 0.1) is 0 Å². The number of aromatic nitrogens is 2. The SMILES string of the molecule is CC(C(=O)O)c1cc(C(F)(F)F)n[nH]1. The number of aliphatic carboxylic acids is 1. The van der Waals surface area contributed by atoms with Crippen LogP contribution < -0.4 is 0 Å². The minimum absolute atomic E-state index is 0.0650. The number of rotatable bonds is 2. The third kappa shape index (κ3) is 2.04. The second-order valence-electron chi connectivity index (χ2n) is 2.77. The Morgan fingerprint density at radius 1 is 1.64 bits per heavy atom. The van der Waals surface area contributed by atoms with Gasteiger partial charge in [0.15, 0.2) is 5.69 Å². The monoisotopic (exact) mass is 208 g/mol. The number of hydrogen-bond acceptors (Lipinski definition) is 2. The van der Waals surface area contributed by atoms with Crippen molar-refractivity contribution in [3.63, 3.8) is 0 Å². The van der Waals surface area contributed by atoms with E-state index >= 15 is 0 Å². The Morgan fingerprint density at radius 2 is 2.21 bits per heavy atom. The lowest BCUT2D eigenvalue weighted by molar-refractivity contribution is -0.141. The maximum atomic E-state index is 12.0. The first kappa shape index (κ1) is 10.6. The van der Waals surface area contributed by atoms with Crippen molar-refractivity contribution in [2.75, 3.05) is 0 Å². The summed E-state index contributed by atoms with van der Waals surface area (Å²) in [6.07, 6.45) is -4.55. The van der Waals surface area contributed by atoms with E-state index in [4.69, 9.17) is 5.11 Å². The summed E-state index contributed by atoms with van der Waals surface area (Å²) in [5.74, 6) is -2.24. The molecule has 1 atom stereocenters. The Balaban J connectivity index is 2.94. The van der Waals surface area contributed by atoms with Gasteiger partial charge in [0.1, 0.15) is 0 Å². The smallest absolute Gasteiger partial charge is 0.435 e. The minimum Gasteiger partial charge on any atom is -0.481 e. The molecule has 0 saturated carbocycles. The zero-order chi connectivity index (χ0) is 10.9. The lowest BCUT2D eigenvalue weighted by atomic mass is 10.1. The zero-order valence-electron chi connectivity index (χ0n) is 7.09. The summed E-state index contributed by atoms with van der Waals surface area (Å²) in [6.45, 7) is 1.27. The molecule has 0 radical (unpaired) electrons. The van der Waals surface area contributed by atoms with Crippen molar-refractivity contribution in [2.45, 2.75) is 19.0 Å². The Hall–Kier alpha value is -1.53. The number of aromatic amines is 1. The van der Waals surface area contributed by atoms with Crippen LogP contribution in [0.1, 0.15) is 24.2 Å². The summed E-state index contributed by atoms with van der Waals surface area (Å²) < 4.78 is 36.1. The van der Waals surface area contributed by atoms with Gasteiger partial charge in [-0.1, -0.05) is 0 Å². The van der Waals surface area contributed by atoms with Crippen LogP contribution in [0.15, 0.2) is 6.07 Å². The van der Waals surface area contributed by atoms with Gasteiger partial charge in [0.05, 0.1) is 5.92 Å². The van der Waals surface area contributed by atoms with Crippen LogP contribution in [0.4, 0.5) is 13.2 Å². The Bertz CT molecular complexity index is 345. The molecule has 0 spiro atoms. The molecule has 2 N–H and O–H groups in total. The Morgan fingerprint density at radius 3 is 2.57 bits per heavy atom. The third-order valence-corrected chi connectivity index (χ3v) is 1.73. The molecule has 78 valence electrons. The number of nitrogens with one attached hydrogen (secondary N) is 1. The molecule has 1 aromatic heterocycles. The van der Waals surface area contributed by atoms with E-state index in [0.717, 1.165) is 0 Å². The predicted octanol–water partition coefficient (Wildman–Crippen LogP) is 1.62. The van der Waals surface area contributed by atoms with Gasteiger partial charge in [-0.25, -0.2) is 0 Å². The standard InChI is InChI=1S/C7H7F3N2O2/c1-3(6(13)14)4-2-5(12-11-4)7(8,9)10/h2-3H,1H3,(H,11,12)(H,13,14). The number of carboxylic acids is 1.